The summed E-state index contributed by atoms with van der Waals surface area (Å²) in [6, 6.07) is 22.4. The Bertz CT molecular complexity index is 1670. The average Bonchev–Trinajstić information content (AvgIpc) is 3.12. The molecule has 4 bridgehead atoms. The highest BCUT2D eigenvalue weighted by molar-refractivity contribution is 5.90. The van der Waals surface area contributed by atoms with E-state index in [0.29, 0.717) is 5.69 Å². The van der Waals surface area contributed by atoms with Crippen LogP contribution in [-0.4, -0.2) is 65.3 Å². The number of ether oxygens (including phenoxy) is 2. The Hall–Kier alpha value is -4.03. The molecule has 2 amide bonds. The summed E-state index contributed by atoms with van der Waals surface area (Å²) < 4.78 is 13.5. The molecule has 2 aliphatic heterocycles. The number of nitrogens with zero attached hydrogens (tertiary/aromatic N) is 3. The lowest BCUT2D eigenvalue weighted by atomic mass is 9.53. The van der Waals surface area contributed by atoms with E-state index >= 15 is 0 Å². The van der Waals surface area contributed by atoms with Crippen LogP contribution >= 0.6 is 0 Å². The van der Waals surface area contributed by atoms with Crippen LogP contribution in [0.1, 0.15) is 74.5 Å². The van der Waals surface area contributed by atoms with E-state index in [4.69, 9.17) is 9.47 Å². The van der Waals surface area contributed by atoms with Gasteiger partial charge in [0.25, 0.3) is 5.69 Å². The van der Waals surface area contributed by atoms with Gasteiger partial charge >= 0.3 is 6.03 Å². The molecule has 3 N–H and O–H groups in total. The number of amides is 2. The number of carbonyl (C=O) groups excluding carboxylic acids is 1. The number of aliphatic hydroxyl groups is 1. The largest absolute Gasteiger partial charge is 0.392 e. The van der Waals surface area contributed by atoms with Crippen molar-refractivity contribution < 1.29 is 24.3 Å². The van der Waals surface area contributed by atoms with Gasteiger partial charge in [-0.1, -0.05) is 43.3 Å². The van der Waals surface area contributed by atoms with Crippen molar-refractivity contribution in [3.05, 3.63) is 99.6 Å². The maximum absolute atomic E-state index is 13.4. The van der Waals surface area contributed by atoms with Gasteiger partial charge in [0.2, 0.25) is 0 Å². The summed E-state index contributed by atoms with van der Waals surface area (Å²) in [5.74, 6) is 2.30. The fraction of sp³-hybridized carbons (Fsp3) is 0.525. The Balaban J connectivity index is 0.955. The fourth-order valence-corrected chi connectivity index (χ4v) is 9.99. The molecule has 4 atom stereocenters. The fourth-order valence-electron chi connectivity index (χ4n) is 9.99. The van der Waals surface area contributed by atoms with Gasteiger partial charge in [-0.05, 0) is 91.7 Å². The third-order valence-corrected chi connectivity index (χ3v) is 12.2. The van der Waals surface area contributed by atoms with Gasteiger partial charge in [0.15, 0.2) is 6.29 Å². The van der Waals surface area contributed by atoms with E-state index in [1.807, 2.05) is 60.7 Å². The number of anilines is 2. The van der Waals surface area contributed by atoms with E-state index in [0.717, 1.165) is 92.1 Å². The molecule has 6 fully saturated rings. The Labute approximate surface area is 299 Å². The second-order valence-electron chi connectivity index (χ2n) is 15.8. The number of aliphatic hydroxyl groups excluding tert-OH is 1. The number of carbonyl (C=O) groups is 1. The predicted molar refractivity (Wildman–Crippen MR) is 194 cm³/mol. The third-order valence-electron chi connectivity index (χ3n) is 12.2. The molecular formula is C40H49N5O6. The first-order valence-corrected chi connectivity index (χ1v) is 18.6. The third kappa shape index (κ3) is 7.35. The highest BCUT2D eigenvalue weighted by atomic mass is 16.7. The van der Waals surface area contributed by atoms with Gasteiger partial charge in [0, 0.05) is 73.3 Å². The molecule has 51 heavy (non-hydrogen) atoms. The van der Waals surface area contributed by atoms with E-state index in [9.17, 15) is 20.0 Å². The zero-order valence-electron chi connectivity index (χ0n) is 29.3. The molecule has 3 aromatic rings. The molecule has 4 saturated carbocycles. The number of urea groups is 1. The van der Waals surface area contributed by atoms with Gasteiger partial charge in [-0.15, -0.1) is 0 Å². The molecule has 0 radical (unpaired) electrons. The monoisotopic (exact) mass is 695 g/mol. The average molecular weight is 696 g/mol. The van der Waals surface area contributed by atoms with Crippen LogP contribution in [0.25, 0.3) is 0 Å². The van der Waals surface area contributed by atoms with Crippen molar-refractivity contribution in [2.75, 3.05) is 42.9 Å². The number of piperazine rings is 1. The van der Waals surface area contributed by atoms with Crippen LogP contribution in [0.4, 0.5) is 21.9 Å². The Morgan fingerprint density at radius 1 is 0.902 bits per heavy atom. The molecule has 4 aliphatic carbocycles. The van der Waals surface area contributed by atoms with Crippen LogP contribution in [0.5, 0.6) is 0 Å². The molecule has 2 saturated heterocycles. The number of nitro benzene ring substituents is 1. The second kappa shape index (κ2) is 14.2. The van der Waals surface area contributed by atoms with Crippen LogP contribution in [0.15, 0.2) is 72.8 Å². The summed E-state index contributed by atoms with van der Waals surface area (Å²) in [4.78, 5) is 28.8. The summed E-state index contributed by atoms with van der Waals surface area (Å²) in [6.45, 7) is 6.18. The van der Waals surface area contributed by atoms with Crippen LogP contribution in [-0.2, 0) is 16.1 Å². The van der Waals surface area contributed by atoms with Gasteiger partial charge in [-0.3, -0.25) is 15.0 Å². The van der Waals surface area contributed by atoms with Crippen LogP contribution in [0.3, 0.4) is 0 Å². The Kier molecular flexibility index (Phi) is 9.47. The van der Waals surface area contributed by atoms with Crippen molar-refractivity contribution in [1.29, 1.82) is 0 Å². The minimum atomic E-state index is -0.636. The van der Waals surface area contributed by atoms with E-state index < -0.39 is 6.29 Å². The molecule has 2 heterocycles. The minimum Gasteiger partial charge on any atom is -0.392 e. The lowest BCUT2D eigenvalue weighted by Crippen LogP contribution is -2.60. The molecule has 11 nitrogen and oxygen atoms in total. The number of benzene rings is 3. The topological polar surface area (TPSA) is 129 Å². The van der Waals surface area contributed by atoms with Crippen LogP contribution in [0, 0.1) is 33.8 Å². The Morgan fingerprint density at radius 3 is 2.20 bits per heavy atom. The standard InChI is InChI=1S/C40H49N5O6/c1-26-36(24-43-13-15-44(16-14-43)34-9-11-35(12-10-34)45(48)49)50-38(51-37(26)31-7-5-27(25-46)6-8-31)32-3-2-4-33(20-32)41-39(47)42-40-21-28-17-29(22-40)19-30(18-28)23-40/h2-12,20,26,28-30,36-38,46H,13-19,21-25H2,1H3,(H2,41,42,47). The molecule has 9 rings (SSSR count). The number of rotatable bonds is 9. The summed E-state index contributed by atoms with van der Waals surface area (Å²) in [7, 11) is 0. The van der Waals surface area contributed by atoms with Gasteiger partial charge in [-0.25, -0.2) is 4.79 Å². The van der Waals surface area contributed by atoms with E-state index in [1.165, 1.54) is 19.3 Å². The molecule has 11 heteroatoms. The first kappa shape index (κ1) is 34.1. The van der Waals surface area contributed by atoms with Crippen LogP contribution in [0.2, 0.25) is 0 Å². The maximum Gasteiger partial charge on any atom is 0.319 e. The smallest absolute Gasteiger partial charge is 0.319 e. The van der Waals surface area contributed by atoms with Gasteiger partial charge in [0.05, 0.1) is 23.7 Å². The number of hydrogen-bond donors (Lipinski definition) is 3. The number of nitrogens with one attached hydrogen (secondary N) is 2. The molecule has 3 aromatic carbocycles. The van der Waals surface area contributed by atoms with Crippen molar-refractivity contribution in [1.82, 2.24) is 10.2 Å². The van der Waals surface area contributed by atoms with Crippen molar-refractivity contribution in [3.8, 4) is 0 Å². The number of nitro groups is 1. The SMILES string of the molecule is CC1C(CN2CCN(c3ccc([N+](=O)[O-])cc3)CC2)OC(c2cccc(NC(=O)NC34CC5CC(CC(C5)C3)C4)c2)OC1c1ccc(CO)cc1. The Morgan fingerprint density at radius 2 is 1.57 bits per heavy atom. The van der Waals surface area contributed by atoms with Gasteiger partial charge in [-0.2, -0.15) is 0 Å². The van der Waals surface area contributed by atoms with Crippen molar-refractivity contribution in [2.24, 2.45) is 23.7 Å². The highest BCUT2D eigenvalue weighted by Crippen LogP contribution is 2.55. The zero-order chi connectivity index (χ0) is 35.1. The van der Waals surface area contributed by atoms with E-state index in [-0.39, 0.29) is 46.9 Å². The summed E-state index contributed by atoms with van der Waals surface area (Å²) in [5.41, 5.74) is 4.46. The first-order chi connectivity index (χ1) is 24.7. The van der Waals surface area contributed by atoms with Gasteiger partial charge < -0.3 is 30.1 Å². The molecular weight excluding hydrogens is 646 g/mol. The van der Waals surface area contributed by atoms with Gasteiger partial charge in [0.1, 0.15) is 0 Å². The first-order valence-electron chi connectivity index (χ1n) is 18.6. The quantitative estimate of drug-likeness (QED) is 0.165. The second-order valence-corrected chi connectivity index (χ2v) is 15.8. The van der Waals surface area contributed by atoms with Crippen molar-refractivity contribution in [2.45, 2.75) is 76.1 Å². The molecule has 270 valence electrons. The lowest BCUT2D eigenvalue weighted by molar-refractivity contribution is -0.384. The zero-order valence-corrected chi connectivity index (χ0v) is 29.3. The van der Waals surface area contributed by atoms with E-state index in [2.05, 4.69) is 27.4 Å². The van der Waals surface area contributed by atoms with Crippen molar-refractivity contribution in [3.63, 3.8) is 0 Å². The van der Waals surface area contributed by atoms with Crippen molar-refractivity contribution >= 4 is 23.1 Å². The molecule has 0 spiro atoms. The lowest BCUT2D eigenvalue weighted by Gasteiger charge is -2.56. The number of hydrogen-bond acceptors (Lipinski definition) is 8. The maximum atomic E-state index is 13.4. The summed E-state index contributed by atoms with van der Waals surface area (Å²) in [6.07, 6.45) is 6.28. The normalized spacial score (nSPS) is 31.7. The molecule has 4 unspecified atom stereocenters. The predicted octanol–water partition coefficient (Wildman–Crippen LogP) is 6.79. The highest BCUT2D eigenvalue weighted by Gasteiger charge is 2.51. The molecule has 0 aromatic heterocycles. The number of non-ortho nitro benzene ring substituents is 1. The minimum absolute atomic E-state index is 0.0161. The molecule has 6 aliphatic rings. The summed E-state index contributed by atoms with van der Waals surface area (Å²) >= 11 is 0. The van der Waals surface area contributed by atoms with Crippen LogP contribution < -0.4 is 15.5 Å². The van der Waals surface area contributed by atoms with E-state index in [1.54, 1.807) is 12.1 Å². The summed E-state index contributed by atoms with van der Waals surface area (Å²) in [5, 5.41) is 27.3.